The summed E-state index contributed by atoms with van der Waals surface area (Å²) >= 11 is 0. The molecular formula is C12H18N2O3. The van der Waals surface area contributed by atoms with Gasteiger partial charge in [0, 0.05) is 18.3 Å². The first kappa shape index (κ1) is 13.3. The predicted octanol–water partition coefficient (Wildman–Crippen LogP) is 1.59. The van der Waals surface area contributed by atoms with Crippen LogP contribution in [0.4, 0.5) is 10.5 Å². The topological polar surface area (TPSA) is 70.6 Å². The fraction of sp³-hybridized carbons (Fsp3) is 0.417. The Morgan fingerprint density at radius 3 is 2.59 bits per heavy atom. The Kier molecular flexibility index (Phi) is 5.29. The van der Waals surface area contributed by atoms with Gasteiger partial charge in [0.1, 0.15) is 5.75 Å². The van der Waals surface area contributed by atoms with Crippen molar-refractivity contribution < 1.29 is 14.6 Å². The second-order valence-electron chi connectivity index (χ2n) is 3.74. The maximum atomic E-state index is 11.5. The number of rotatable bonds is 5. The zero-order chi connectivity index (χ0) is 12.7. The summed E-state index contributed by atoms with van der Waals surface area (Å²) in [6, 6.07) is 6.72. The predicted molar refractivity (Wildman–Crippen MR) is 66.3 cm³/mol. The largest absolute Gasteiger partial charge is 0.497 e. The quantitative estimate of drug-likeness (QED) is 0.729. The van der Waals surface area contributed by atoms with Gasteiger partial charge in [-0.15, -0.1) is 0 Å². The van der Waals surface area contributed by atoms with Crippen LogP contribution in [0, 0.1) is 0 Å². The smallest absolute Gasteiger partial charge is 0.319 e. The van der Waals surface area contributed by atoms with Gasteiger partial charge in [0.15, 0.2) is 0 Å². The number of amides is 2. The highest BCUT2D eigenvalue weighted by Crippen LogP contribution is 2.14. The second-order valence-corrected chi connectivity index (χ2v) is 3.74. The van der Waals surface area contributed by atoms with E-state index in [0.717, 1.165) is 5.75 Å². The van der Waals surface area contributed by atoms with Crippen LogP contribution in [0.25, 0.3) is 0 Å². The normalized spacial score (nSPS) is 11.7. The van der Waals surface area contributed by atoms with Gasteiger partial charge < -0.3 is 20.5 Å². The molecule has 0 bridgehead atoms. The highest BCUT2D eigenvalue weighted by atomic mass is 16.5. The first-order chi connectivity index (χ1) is 8.15. The number of benzene rings is 1. The Bertz CT molecular complexity index is 351. The van der Waals surface area contributed by atoms with Crippen molar-refractivity contribution in [1.82, 2.24) is 5.32 Å². The van der Waals surface area contributed by atoms with E-state index >= 15 is 0 Å². The number of carbonyl (C=O) groups excluding carboxylic acids is 1. The lowest BCUT2D eigenvalue weighted by Gasteiger charge is -2.13. The summed E-state index contributed by atoms with van der Waals surface area (Å²) in [7, 11) is 1.59. The van der Waals surface area contributed by atoms with Crippen LogP contribution in [0.5, 0.6) is 5.75 Å². The molecular weight excluding hydrogens is 220 g/mol. The number of aliphatic hydroxyl groups is 1. The number of anilines is 1. The van der Waals surface area contributed by atoms with Crippen LogP contribution in [0.3, 0.4) is 0 Å². The van der Waals surface area contributed by atoms with Crippen molar-refractivity contribution >= 4 is 11.7 Å². The lowest BCUT2D eigenvalue weighted by atomic mass is 10.2. The zero-order valence-corrected chi connectivity index (χ0v) is 10.1. The summed E-state index contributed by atoms with van der Waals surface area (Å²) in [5.74, 6) is 0.740. The van der Waals surface area contributed by atoms with Crippen molar-refractivity contribution in [3.8, 4) is 5.75 Å². The maximum absolute atomic E-state index is 11.5. The van der Waals surface area contributed by atoms with Gasteiger partial charge in [-0.1, -0.05) is 0 Å². The molecule has 0 saturated carbocycles. The highest BCUT2D eigenvalue weighted by Gasteiger charge is 2.06. The third-order valence-corrected chi connectivity index (χ3v) is 2.29. The van der Waals surface area contributed by atoms with Crippen LogP contribution < -0.4 is 15.4 Å². The molecule has 0 aromatic heterocycles. The van der Waals surface area contributed by atoms with Gasteiger partial charge >= 0.3 is 6.03 Å². The molecule has 94 valence electrons. The molecule has 2 amide bonds. The van der Waals surface area contributed by atoms with Gasteiger partial charge in [-0.2, -0.15) is 0 Å². The Hall–Kier alpha value is -1.75. The van der Waals surface area contributed by atoms with Gasteiger partial charge in [0.2, 0.25) is 0 Å². The molecule has 1 unspecified atom stereocenters. The van der Waals surface area contributed by atoms with E-state index in [1.165, 1.54) is 0 Å². The van der Waals surface area contributed by atoms with Crippen molar-refractivity contribution in [3.05, 3.63) is 24.3 Å². The van der Waals surface area contributed by atoms with Crippen molar-refractivity contribution in [2.45, 2.75) is 19.4 Å². The number of hydrogen-bond donors (Lipinski definition) is 3. The molecule has 1 atom stereocenters. The summed E-state index contributed by atoms with van der Waals surface area (Å²) in [5, 5.41) is 14.1. The van der Waals surface area contributed by atoms with E-state index in [-0.39, 0.29) is 18.7 Å². The van der Waals surface area contributed by atoms with Gasteiger partial charge in [0.05, 0.1) is 7.11 Å². The Labute approximate surface area is 101 Å². The molecule has 1 aromatic rings. The van der Waals surface area contributed by atoms with E-state index in [4.69, 9.17) is 9.84 Å². The van der Waals surface area contributed by atoms with Crippen molar-refractivity contribution in [3.63, 3.8) is 0 Å². The number of carbonyl (C=O) groups is 1. The molecule has 3 N–H and O–H groups in total. The van der Waals surface area contributed by atoms with Gasteiger partial charge in [0.25, 0.3) is 0 Å². The van der Waals surface area contributed by atoms with E-state index in [1.54, 1.807) is 31.4 Å². The zero-order valence-electron chi connectivity index (χ0n) is 10.1. The first-order valence-electron chi connectivity index (χ1n) is 5.48. The molecule has 0 aliphatic heterocycles. The Balaban J connectivity index is 2.44. The third kappa shape index (κ3) is 4.74. The standard InChI is InChI=1S/C12H18N2O3/c1-9(7-8-15)13-12(16)14-10-3-5-11(17-2)6-4-10/h3-6,9,15H,7-8H2,1-2H3,(H2,13,14,16). The molecule has 1 aromatic carbocycles. The number of nitrogens with one attached hydrogen (secondary N) is 2. The van der Waals surface area contributed by atoms with Crippen LogP contribution in [-0.4, -0.2) is 30.9 Å². The highest BCUT2D eigenvalue weighted by molar-refractivity contribution is 5.89. The number of hydrogen-bond acceptors (Lipinski definition) is 3. The lowest BCUT2D eigenvalue weighted by Crippen LogP contribution is -2.36. The Morgan fingerprint density at radius 2 is 2.06 bits per heavy atom. The van der Waals surface area contributed by atoms with Crippen LogP contribution in [0.2, 0.25) is 0 Å². The molecule has 0 aliphatic carbocycles. The number of ether oxygens (including phenoxy) is 1. The van der Waals surface area contributed by atoms with Crippen LogP contribution >= 0.6 is 0 Å². The van der Waals surface area contributed by atoms with Crippen LogP contribution in [0.1, 0.15) is 13.3 Å². The molecule has 0 saturated heterocycles. The molecule has 0 spiro atoms. The van der Waals surface area contributed by atoms with Crippen LogP contribution in [-0.2, 0) is 0 Å². The summed E-state index contributed by atoms with van der Waals surface area (Å²) < 4.78 is 5.01. The van der Waals surface area contributed by atoms with E-state index in [9.17, 15) is 4.79 Å². The molecule has 17 heavy (non-hydrogen) atoms. The maximum Gasteiger partial charge on any atom is 0.319 e. The minimum absolute atomic E-state index is 0.0572. The summed E-state index contributed by atoms with van der Waals surface area (Å²) in [4.78, 5) is 11.5. The van der Waals surface area contributed by atoms with E-state index < -0.39 is 0 Å². The van der Waals surface area contributed by atoms with Crippen molar-refractivity contribution in [2.24, 2.45) is 0 Å². The summed E-state index contributed by atoms with van der Waals surface area (Å²) in [6.07, 6.45) is 0.538. The van der Waals surface area contributed by atoms with Crippen molar-refractivity contribution in [1.29, 1.82) is 0 Å². The van der Waals surface area contributed by atoms with E-state index in [2.05, 4.69) is 10.6 Å². The minimum Gasteiger partial charge on any atom is -0.497 e. The SMILES string of the molecule is COc1ccc(NC(=O)NC(C)CCO)cc1. The summed E-state index contributed by atoms with van der Waals surface area (Å²) in [5.41, 5.74) is 0.694. The molecule has 5 nitrogen and oxygen atoms in total. The Morgan fingerprint density at radius 1 is 1.41 bits per heavy atom. The third-order valence-electron chi connectivity index (χ3n) is 2.29. The fourth-order valence-electron chi connectivity index (χ4n) is 1.33. The number of urea groups is 1. The molecule has 0 fully saturated rings. The van der Waals surface area contributed by atoms with E-state index in [1.807, 2.05) is 6.92 Å². The average molecular weight is 238 g/mol. The first-order valence-corrected chi connectivity index (χ1v) is 5.48. The molecule has 1 rings (SSSR count). The summed E-state index contributed by atoms with van der Waals surface area (Å²) in [6.45, 7) is 1.90. The van der Waals surface area contributed by atoms with Crippen molar-refractivity contribution in [2.75, 3.05) is 19.0 Å². The van der Waals surface area contributed by atoms with Gasteiger partial charge in [-0.3, -0.25) is 0 Å². The van der Waals surface area contributed by atoms with Crippen LogP contribution in [0.15, 0.2) is 24.3 Å². The number of methoxy groups -OCH3 is 1. The monoisotopic (exact) mass is 238 g/mol. The minimum atomic E-state index is -0.281. The van der Waals surface area contributed by atoms with Gasteiger partial charge in [-0.05, 0) is 37.6 Å². The fourth-order valence-corrected chi connectivity index (χ4v) is 1.33. The molecule has 5 heteroatoms. The molecule has 0 heterocycles. The second kappa shape index (κ2) is 6.75. The number of aliphatic hydroxyl groups excluding tert-OH is 1. The van der Waals surface area contributed by atoms with Gasteiger partial charge in [-0.25, -0.2) is 4.79 Å². The lowest BCUT2D eigenvalue weighted by molar-refractivity contribution is 0.241. The molecule has 0 aliphatic rings. The molecule has 0 radical (unpaired) electrons. The van der Waals surface area contributed by atoms with E-state index in [0.29, 0.717) is 12.1 Å². The average Bonchev–Trinajstić information content (AvgIpc) is 2.30.